The quantitative estimate of drug-likeness (QED) is 0.175. The van der Waals surface area contributed by atoms with Gasteiger partial charge in [0.1, 0.15) is 0 Å². The summed E-state index contributed by atoms with van der Waals surface area (Å²) >= 11 is 0. The molecular formula is C25H47NO3. The zero-order chi connectivity index (χ0) is 21.6. The van der Waals surface area contributed by atoms with Crippen molar-refractivity contribution < 1.29 is 15.0 Å². The van der Waals surface area contributed by atoms with E-state index in [0.717, 1.165) is 38.5 Å². The largest absolute Gasteiger partial charge is 0.394 e. The van der Waals surface area contributed by atoms with Crippen LogP contribution in [0.4, 0.5) is 0 Å². The topological polar surface area (TPSA) is 69.6 Å². The predicted octanol–water partition coefficient (Wildman–Crippen LogP) is 5.83. The molecule has 0 aromatic carbocycles. The van der Waals surface area contributed by atoms with E-state index >= 15 is 0 Å². The van der Waals surface area contributed by atoms with E-state index in [4.69, 9.17) is 0 Å². The minimum Gasteiger partial charge on any atom is -0.394 e. The number of aliphatic hydroxyl groups excluding tert-OH is 2. The van der Waals surface area contributed by atoms with E-state index in [9.17, 15) is 15.0 Å². The summed E-state index contributed by atoms with van der Waals surface area (Å²) in [5.41, 5.74) is 0. The van der Waals surface area contributed by atoms with Crippen molar-refractivity contribution in [1.82, 2.24) is 5.32 Å². The fourth-order valence-corrected chi connectivity index (χ4v) is 3.25. The van der Waals surface area contributed by atoms with Crippen molar-refractivity contribution >= 4 is 5.91 Å². The maximum absolute atomic E-state index is 12.0. The van der Waals surface area contributed by atoms with Crippen LogP contribution in [0.15, 0.2) is 24.3 Å². The Morgan fingerprint density at radius 1 is 0.793 bits per heavy atom. The van der Waals surface area contributed by atoms with Gasteiger partial charge in [-0.1, -0.05) is 95.9 Å². The predicted molar refractivity (Wildman–Crippen MR) is 124 cm³/mol. The molecule has 0 fully saturated rings. The third kappa shape index (κ3) is 18.6. The van der Waals surface area contributed by atoms with Crippen LogP contribution in [0.5, 0.6) is 0 Å². The van der Waals surface area contributed by atoms with Gasteiger partial charge in [0.2, 0.25) is 5.91 Å². The molecule has 0 aromatic heterocycles. The average Bonchev–Trinajstić information content (AvgIpc) is 2.72. The molecule has 0 bridgehead atoms. The van der Waals surface area contributed by atoms with Crippen LogP contribution in [0.2, 0.25) is 0 Å². The number of rotatable bonds is 20. The molecule has 0 spiro atoms. The molecule has 0 rings (SSSR count). The van der Waals surface area contributed by atoms with E-state index in [1.807, 2.05) is 6.08 Å². The van der Waals surface area contributed by atoms with Gasteiger partial charge < -0.3 is 15.5 Å². The first-order valence-corrected chi connectivity index (χ1v) is 12.1. The number of hydrogen-bond acceptors (Lipinski definition) is 3. The Bertz CT molecular complexity index is 420. The zero-order valence-corrected chi connectivity index (χ0v) is 19.1. The standard InChI is InChI=1S/C25H47NO3/c1-3-5-7-9-10-11-12-13-14-15-17-18-20-24(28)23(22-27)26-25(29)21-19-16-8-6-4-2/h13-14,18,20,23-24,27-28H,3-12,15-17,19,21-22H2,1-2H3,(H,26,29)/b14-13+,20-18+. The Morgan fingerprint density at radius 2 is 1.34 bits per heavy atom. The SMILES string of the molecule is CCCCCCCC/C=C/CC/C=C/C(O)C(CO)NC(=O)CCCCCCC. The lowest BCUT2D eigenvalue weighted by Crippen LogP contribution is -2.45. The Balaban J connectivity index is 3.83. The fourth-order valence-electron chi connectivity index (χ4n) is 3.25. The molecule has 4 heteroatoms. The van der Waals surface area contributed by atoms with E-state index in [0.29, 0.717) is 6.42 Å². The summed E-state index contributed by atoms with van der Waals surface area (Å²) in [4.78, 5) is 12.0. The molecule has 0 radical (unpaired) electrons. The lowest BCUT2D eigenvalue weighted by atomic mass is 10.1. The summed E-state index contributed by atoms with van der Waals surface area (Å²) in [6, 6.07) is -0.627. The number of hydrogen-bond donors (Lipinski definition) is 3. The van der Waals surface area contributed by atoms with E-state index in [1.165, 1.54) is 51.4 Å². The van der Waals surface area contributed by atoms with E-state index < -0.39 is 12.1 Å². The van der Waals surface area contributed by atoms with E-state index in [1.54, 1.807) is 6.08 Å². The number of allylic oxidation sites excluding steroid dienone is 3. The smallest absolute Gasteiger partial charge is 0.220 e. The Kier molecular flexibility index (Phi) is 20.7. The second kappa shape index (κ2) is 21.6. The third-order valence-corrected chi connectivity index (χ3v) is 5.19. The van der Waals surface area contributed by atoms with Crippen LogP contribution in [0.25, 0.3) is 0 Å². The number of nitrogens with one attached hydrogen (secondary N) is 1. The molecule has 3 N–H and O–H groups in total. The molecule has 170 valence electrons. The van der Waals surface area contributed by atoms with Crippen molar-refractivity contribution in [2.24, 2.45) is 0 Å². The van der Waals surface area contributed by atoms with Gasteiger partial charge in [-0.15, -0.1) is 0 Å². The lowest BCUT2D eigenvalue weighted by molar-refractivity contribution is -0.123. The molecule has 1 amide bonds. The van der Waals surface area contributed by atoms with Crippen molar-refractivity contribution in [1.29, 1.82) is 0 Å². The van der Waals surface area contributed by atoms with Crippen LogP contribution in [0, 0.1) is 0 Å². The van der Waals surface area contributed by atoms with Crippen LogP contribution in [0.1, 0.15) is 110 Å². The van der Waals surface area contributed by atoms with Crippen molar-refractivity contribution in [2.75, 3.05) is 6.61 Å². The van der Waals surface area contributed by atoms with Gasteiger partial charge in [-0.05, 0) is 32.1 Å². The first kappa shape index (κ1) is 27.9. The van der Waals surface area contributed by atoms with Crippen LogP contribution in [0.3, 0.4) is 0 Å². The molecule has 2 unspecified atom stereocenters. The summed E-state index contributed by atoms with van der Waals surface area (Å²) in [6.07, 6.45) is 24.1. The third-order valence-electron chi connectivity index (χ3n) is 5.19. The molecule has 0 heterocycles. The average molecular weight is 410 g/mol. The van der Waals surface area contributed by atoms with Gasteiger partial charge in [0.05, 0.1) is 18.8 Å². The van der Waals surface area contributed by atoms with Gasteiger partial charge in [-0.25, -0.2) is 0 Å². The van der Waals surface area contributed by atoms with E-state index in [2.05, 4.69) is 31.3 Å². The minimum atomic E-state index is -0.851. The fraction of sp³-hybridized carbons (Fsp3) is 0.800. The van der Waals surface area contributed by atoms with Crippen molar-refractivity contribution in [3.8, 4) is 0 Å². The van der Waals surface area contributed by atoms with Gasteiger partial charge in [0, 0.05) is 6.42 Å². The summed E-state index contributed by atoms with van der Waals surface area (Å²) in [5.74, 6) is -0.0920. The first-order valence-electron chi connectivity index (χ1n) is 12.1. The Morgan fingerprint density at radius 3 is 2.00 bits per heavy atom. The monoisotopic (exact) mass is 409 g/mol. The second-order valence-electron chi connectivity index (χ2n) is 8.04. The van der Waals surface area contributed by atoms with Gasteiger partial charge in [0.15, 0.2) is 0 Å². The molecule has 0 aliphatic heterocycles. The zero-order valence-electron chi connectivity index (χ0n) is 19.1. The minimum absolute atomic E-state index is 0.0920. The van der Waals surface area contributed by atoms with Crippen molar-refractivity contribution in [3.63, 3.8) is 0 Å². The maximum Gasteiger partial charge on any atom is 0.220 e. The molecule has 2 atom stereocenters. The molecular weight excluding hydrogens is 362 g/mol. The highest BCUT2D eigenvalue weighted by Gasteiger charge is 2.17. The lowest BCUT2D eigenvalue weighted by Gasteiger charge is -2.19. The molecule has 0 aliphatic rings. The van der Waals surface area contributed by atoms with Gasteiger partial charge >= 0.3 is 0 Å². The molecule has 0 saturated carbocycles. The van der Waals surface area contributed by atoms with Crippen LogP contribution >= 0.6 is 0 Å². The van der Waals surface area contributed by atoms with Gasteiger partial charge in [-0.2, -0.15) is 0 Å². The number of unbranched alkanes of at least 4 members (excludes halogenated alkanes) is 11. The highest BCUT2D eigenvalue weighted by atomic mass is 16.3. The van der Waals surface area contributed by atoms with Crippen LogP contribution in [-0.2, 0) is 4.79 Å². The molecule has 0 aromatic rings. The van der Waals surface area contributed by atoms with Gasteiger partial charge in [-0.3, -0.25) is 4.79 Å². The van der Waals surface area contributed by atoms with Gasteiger partial charge in [0.25, 0.3) is 0 Å². The maximum atomic E-state index is 12.0. The molecule has 29 heavy (non-hydrogen) atoms. The first-order chi connectivity index (χ1) is 14.2. The summed E-state index contributed by atoms with van der Waals surface area (Å²) in [6.45, 7) is 4.15. The summed E-state index contributed by atoms with van der Waals surface area (Å²) in [5, 5.41) is 22.4. The normalized spacial score (nSPS) is 13.9. The van der Waals surface area contributed by atoms with Crippen LogP contribution < -0.4 is 5.32 Å². The highest BCUT2D eigenvalue weighted by molar-refractivity contribution is 5.76. The van der Waals surface area contributed by atoms with Crippen LogP contribution in [-0.4, -0.2) is 34.9 Å². The van der Waals surface area contributed by atoms with Crippen molar-refractivity contribution in [3.05, 3.63) is 24.3 Å². The Labute approximate surface area is 179 Å². The molecule has 4 nitrogen and oxygen atoms in total. The number of aliphatic hydroxyl groups is 2. The molecule has 0 saturated heterocycles. The van der Waals surface area contributed by atoms with E-state index in [-0.39, 0.29) is 12.5 Å². The number of carbonyl (C=O) groups excluding carboxylic acids is 1. The summed E-state index contributed by atoms with van der Waals surface area (Å²) in [7, 11) is 0. The number of carbonyl (C=O) groups is 1. The highest BCUT2D eigenvalue weighted by Crippen LogP contribution is 2.08. The second-order valence-corrected chi connectivity index (χ2v) is 8.04. The van der Waals surface area contributed by atoms with Crippen molar-refractivity contribution in [2.45, 2.75) is 122 Å². The number of amides is 1. The summed E-state index contributed by atoms with van der Waals surface area (Å²) < 4.78 is 0. The Hall–Kier alpha value is -1.13. The molecule has 0 aliphatic carbocycles.